The Hall–Kier alpha value is -1.86. The normalized spacial score (nSPS) is 19.4. The molecule has 1 fully saturated rings. The van der Waals surface area contributed by atoms with Crippen LogP contribution >= 0.6 is 18.9 Å². The van der Waals surface area contributed by atoms with Gasteiger partial charge in [0.2, 0.25) is 7.29 Å². The molecule has 0 radical (unpaired) electrons. The molecule has 1 aliphatic carbocycles. The van der Waals surface area contributed by atoms with Crippen molar-refractivity contribution in [2.45, 2.75) is 38.6 Å². The minimum absolute atomic E-state index is 0.0374. The smallest absolute Gasteiger partial charge is 0.205 e. The van der Waals surface area contributed by atoms with Gasteiger partial charge < -0.3 is 0 Å². The van der Waals surface area contributed by atoms with Crippen molar-refractivity contribution < 1.29 is 4.57 Å². The van der Waals surface area contributed by atoms with Crippen molar-refractivity contribution in [1.29, 1.82) is 0 Å². The van der Waals surface area contributed by atoms with E-state index >= 15 is 0 Å². The Bertz CT molecular complexity index is 947. The van der Waals surface area contributed by atoms with Crippen molar-refractivity contribution in [1.82, 2.24) is 5.09 Å². The molecule has 1 aliphatic rings. The van der Waals surface area contributed by atoms with Gasteiger partial charge in [0, 0.05) is 21.7 Å². The van der Waals surface area contributed by atoms with E-state index in [4.69, 9.17) is 11.6 Å². The summed E-state index contributed by atoms with van der Waals surface area (Å²) in [7, 11) is -3.01. The predicted molar refractivity (Wildman–Crippen MR) is 128 cm³/mol. The molecule has 0 saturated heterocycles. The molecule has 0 amide bonds. The number of halogens is 1. The first-order valence-corrected chi connectivity index (χ1v) is 12.9. The molecule has 4 heteroatoms. The number of rotatable bonds is 9. The fourth-order valence-electron chi connectivity index (χ4n) is 4.33. The SMILES string of the molecule is CCCC[C@@H]1C[C@H]1[C@@H](NP(=O)(c1ccccc1)c1ccccc1)c1ccc(Cl)cc1. The van der Waals surface area contributed by atoms with E-state index in [1.165, 1.54) is 25.7 Å². The second-order valence-electron chi connectivity index (χ2n) is 8.24. The molecule has 0 aromatic heterocycles. The largest absolute Gasteiger partial charge is 0.297 e. The number of nitrogens with one attached hydrogen (secondary N) is 1. The van der Waals surface area contributed by atoms with E-state index in [0.29, 0.717) is 11.8 Å². The molecule has 4 rings (SSSR count). The van der Waals surface area contributed by atoms with Gasteiger partial charge >= 0.3 is 0 Å². The Labute approximate surface area is 185 Å². The lowest BCUT2D eigenvalue weighted by Crippen LogP contribution is -2.32. The predicted octanol–water partition coefficient (Wildman–Crippen LogP) is 6.73. The van der Waals surface area contributed by atoms with Crippen molar-refractivity contribution in [3.63, 3.8) is 0 Å². The van der Waals surface area contributed by atoms with Crippen molar-refractivity contribution in [3.8, 4) is 0 Å². The zero-order chi connectivity index (χ0) is 21.0. The summed E-state index contributed by atoms with van der Waals surface area (Å²) < 4.78 is 14.6. The number of unbranched alkanes of at least 4 members (excludes halogenated alkanes) is 1. The maximum atomic E-state index is 14.6. The Morgan fingerprint density at radius 3 is 2.03 bits per heavy atom. The van der Waals surface area contributed by atoms with Crippen LogP contribution in [-0.4, -0.2) is 0 Å². The molecular weight excluding hydrogens is 409 g/mol. The van der Waals surface area contributed by atoms with Gasteiger partial charge in [0.25, 0.3) is 0 Å². The molecular formula is C26H29ClNOP. The third kappa shape index (κ3) is 4.72. The van der Waals surface area contributed by atoms with Crippen LogP contribution in [-0.2, 0) is 4.57 Å². The lowest BCUT2D eigenvalue weighted by molar-refractivity contribution is 0.496. The molecule has 0 unspecified atom stereocenters. The maximum Gasteiger partial charge on any atom is 0.205 e. The van der Waals surface area contributed by atoms with E-state index in [0.717, 1.165) is 21.2 Å². The van der Waals surface area contributed by atoms with Crippen LogP contribution in [0.5, 0.6) is 0 Å². The van der Waals surface area contributed by atoms with E-state index in [9.17, 15) is 4.57 Å². The van der Waals surface area contributed by atoms with Crippen LogP contribution in [0.3, 0.4) is 0 Å². The second-order valence-corrected chi connectivity index (χ2v) is 11.2. The van der Waals surface area contributed by atoms with Crippen LogP contribution in [0.15, 0.2) is 84.9 Å². The van der Waals surface area contributed by atoms with E-state index in [-0.39, 0.29) is 6.04 Å². The molecule has 1 N–H and O–H groups in total. The second kappa shape index (κ2) is 9.52. The zero-order valence-electron chi connectivity index (χ0n) is 17.4. The topological polar surface area (TPSA) is 29.1 Å². The highest BCUT2D eigenvalue weighted by atomic mass is 35.5. The Kier molecular flexibility index (Phi) is 6.78. The van der Waals surface area contributed by atoms with Gasteiger partial charge in [0.05, 0.1) is 0 Å². The highest BCUT2D eigenvalue weighted by molar-refractivity contribution is 7.76. The van der Waals surface area contributed by atoms with E-state index in [1.807, 2.05) is 72.8 Å². The number of hydrogen-bond donors (Lipinski definition) is 1. The van der Waals surface area contributed by atoms with Gasteiger partial charge in [-0.25, -0.2) is 0 Å². The third-order valence-corrected chi connectivity index (χ3v) is 9.07. The average molecular weight is 438 g/mol. The lowest BCUT2D eigenvalue weighted by atomic mass is 10.0. The van der Waals surface area contributed by atoms with Crippen molar-refractivity contribution in [3.05, 3.63) is 95.5 Å². The lowest BCUT2D eigenvalue weighted by Gasteiger charge is -2.28. The summed E-state index contributed by atoms with van der Waals surface area (Å²) in [6.07, 6.45) is 4.90. The molecule has 1 saturated carbocycles. The van der Waals surface area contributed by atoms with E-state index < -0.39 is 7.29 Å². The minimum Gasteiger partial charge on any atom is -0.297 e. The molecule has 3 aromatic carbocycles. The van der Waals surface area contributed by atoms with Gasteiger partial charge in [-0.3, -0.25) is 9.65 Å². The average Bonchev–Trinajstić information content (AvgIpc) is 3.57. The molecule has 3 aromatic rings. The molecule has 0 bridgehead atoms. The van der Waals surface area contributed by atoms with Crippen LogP contribution < -0.4 is 15.7 Å². The van der Waals surface area contributed by atoms with Crippen LogP contribution in [0.4, 0.5) is 0 Å². The first-order valence-electron chi connectivity index (χ1n) is 10.9. The summed E-state index contributed by atoms with van der Waals surface area (Å²) in [5.41, 5.74) is 1.16. The molecule has 156 valence electrons. The van der Waals surface area contributed by atoms with Gasteiger partial charge in [0.1, 0.15) is 0 Å². The highest BCUT2D eigenvalue weighted by Gasteiger charge is 2.45. The summed E-state index contributed by atoms with van der Waals surface area (Å²) >= 11 is 6.16. The maximum absolute atomic E-state index is 14.6. The summed E-state index contributed by atoms with van der Waals surface area (Å²) in [5.74, 6) is 1.19. The fraction of sp³-hybridized carbons (Fsp3) is 0.308. The summed E-state index contributed by atoms with van der Waals surface area (Å²) in [6.45, 7) is 2.24. The summed E-state index contributed by atoms with van der Waals surface area (Å²) in [5, 5.41) is 6.10. The van der Waals surface area contributed by atoms with Gasteiger partial charge in [-0.15, -0.1) is 0 Å². The van der Waals surface area contributed by atoms with Crippen molar-refractivity contribution in [2.24, 2.45) is 11.8 Å². The molecule has 2 nitrogen and oxygen atoms in total. The molecule has 30 heavy (non-hydrogen) atoms. The molecule has 0 spiro atoms. The van der Waals surface area contributed by atoms with Crippen molar-refractivity contribution in [2.75, 3.05) is 0 Å². The van der Waals surface area contributed by atoms with Crippen LogP contribution in [0.2, 0.25) is 5.02 Å². The minimum atomic E-state index is -3.01. The standard InChI is InChI=1S/C26H29ClNOP/c1-2-3-10-21-19-25(21)26(20-15-17-22(27)18-16-20)28-30(29,23-11-6-4-7-12-23)24-13-8-5-9-14-24/h4-9,11-18,21,25-26H,2-3,10,19H2,1H3,(H,28,29)/t21-,25-,26+/m1/s1. The van der Waals surface area contributed by atoms with E-state index in [2.05, 4.69) is 24.1 Å². The Morgan fingerprint density at radius 2 is 1.50 bits per heavy atom. The number of hydrogen-bond acceptors (Lipinski definition) is 1. The summed E-state index contributed by atoms with van der Waals surface area (Å²) in [4.78, 5) is 0. The van der Waals surface area contributed by atoms with E-state index in [1.54, 1.807) is 0 Å². The Balaban J connectivity index is 1.72. The Morgan fingerprint density at radius 1 is 0.933 bits per heavy atom. The van der Waals surface area contributed by atoms with Crippen molar-refractivity contribution >= 4 is 29.5 Å². The van der Waals surface area contributed by atoms with Crippen LogP contribution in [0.25, 0.3) is 0 Å². The monoisotopic (exact) mass is 437 g/mol. The fourth-order valence-corrected chi connectivity index (χ4v) is 6.97. The first-order chi connectivity index (χ1) is 14.6. The number of benzene rings is 3. The molecule has 3 atom stereocenters. The molecule has 0 aliphatic heterocycles. The van der Waals surface area contributed by atoms with Crippen LogP contribution in [0, 0.1) is 11.8 Å². The molecule has 0 heterocycles. The summed E-state index contributed by atoms with van der Waals surface area (Å²) in [6, 6.07) is 27.8. The quantitative estimate of drug-likeness (QED) is 0.376. The van der Waals surface area contributed by atoms with Gasteiger partial charge in [-0.05, 0) is 60.2 Å². The third-order valence-electron chi connectivity index (χ3n) is 6.12. The highest BCUT2D eigenvalue weighted by Crippen LogP contribution is 2.54. The van der Waals surface area contributed by atoms with Gasteiger partial charge in [0.15, 0.2) is 0 Å². The van der Waals surface area contributed by atoms with Gasteiger partial charge in [-0.2, -0.15) is 0 Å². The first kappa shape index (κ1) is 21.4. The van der Waals surface area contributed by atoms with Crippen LogP contribution in [0.1, 0.15) is 44.2 Å². The van der Waals surface area contributed by atoms with Gasteiger partial charge in [-0.1, -0.05) is 86.3 Å². The zero-order valence-corrected chi connectivity index (χ0v) is 19.0.